The summed E-state index contributed by atoms with van der Waals surface area (Å²) >= 11 is 0. The highest BCUT2D eigenvalue weighted by molar-refractivity contribution is 5.81. The maximum Gasteiger partial charge on any atom is 0.223 e. The van der Waals surface area contributed by atoms with Gasteiger partial charge in [-0.05, 0) is 43.4 Å². The van der Waals surface area contributed by atoms with Crippen molar-refractivity contribution in [2.45, 2.75) is 38.8 Å². The van der Waals surface area contributed by atoms with Gasteiger partial charge in [-0.3, -0.25) is 14.6 Å². The molecule has 0 radical (unpaired) electrons. The molecule has 1 aliphatic carbocycles. The Morgan fingerprint density at radius 3 is 2.15 bits per heavy atom. The van der Waals surface area contributed by atoms with Crippen molar-refractivity contribution >= 4 is 11.8 Å². The second-order valence-corrected chi connectivity index (χ2v) is 6.94. The summed E-state index contributed by atoms with van der Waals surface area (Å²) in [5.74, 6) is -0.514. The second kappa shape index (κ2) is 9.26. The summed E-state index contributed by atoms with van der Waals surface area (Å²) in [7, 11) is 0. The Kier molecular flexibility index (Phi) is 6.52. The lowest BCUT2D eigenvalue weighted by molar-refractivity contribution is -0.130. The Morgan fingerprint density at radius 2 is 1.56 bits per heavy atom. The van der Waals surface area contributed by atoms with Crippen LogP contribution in [-0.2, 0) is 22.7 Å². The average molecular weight is 369 g/mol. The minimum absolute atomic E-state index is 0.0315. The predicted molar refractivity (Wildman–Crippen MR) is 99.8 cm³/mol. The van der Waals surface area contributed by atoms with Crippen LogP contribution in [0.25, 0.3) is 0 Å². The van der Waals surface area contributed by atoms with Crippen molar-refractivity contribution in [1.82, 2.24) is 15.6 Å². The molecule has 1 aromatic carbocycles. The first-order valence-electron chi connectivity index (χ1n) is 9.31. The van der Waals surface area contributed by atoms with Gasteiger partial charge in [0.2, 0.25) is 11.8 Å². The number of hydrogen-bond acceptors (Lipinski definition) is 3. The number of rotatable bonds is 6. The highest BCUT2D eigenvalue weighted by Gasteiger charge is 2.29. The van der Waals surface area contributed by atoms with Crippen molar-refractivity contribution in [3.05, 3.63) is 65.7 Å². The molecule has 5 nitrogen and oxygen atoms in total. The van der Waals surface area contributed by atoms with Crippen LogP contribution >= 0.6 is 0 Å². The van der Waals surface area contributed by atoms with Crippen molar-refractivity contribution in [1.29, 1.82) is 0 Å². The molecule has 2 N–H and O–H groups in total. The van der Waals surface area contributed by atoms with E-state index in [0.717, 1.165) is 5.56 Å². The molecular formula is C21H24FN3O2. The molecule has 3 rings (SSSR count). The Labute approximate surface area is 158 Å². The molecule has 142 valence electrons. The standard InChI is InChI=1S/C21H24FN3O2/c22-19-6-2-1-5-18(19)14-25-21(27)17-9-7-16(8-10-17)20(26)24-13-15-4-3-11-23-12-15/h1-6,11-12,16-17H,7-10,13-14H2,(H,24,26)(H,25,27). The van der Waals surface area contributed by atoms with E-state index in [2.05, 4.69) is 15.6 Å². The summed E-state index contributed by atoms with van der Waals surface area (Å²) < 4.78 is 13.6. The Bertz CT molecular complexity index is 774. The molecule has 0 unspecified atom stereocenters. The van der Waals surface area contributed by atoms with Gasteiger partial charge in [0, 0.05) is 42.9 Å². The van der Waals surface area contributed by atoms with Gasteiger partial charge < -0.3 is 10.6 Å². The van der Waals surface area contributed by atoms with E-state index >= 15 is 0 Å². The molecule has 27 heavy (non-hydrogen) atoms. The number of carbonyl (C=O) groups excluding carboxylic acids is 2. The van der Waals surface area contributed by atoms with Crippen LogP contribution in [0.15, 0.2) is 48.8 Å². The van der Waals surface area contributed by atoms with Crippen LogP contribution in [-0.4, -0.2) is 16.8 Å². The van der Waals surface area contributed by atoms with Gasteiger partial charge in [-0.2, -0.15) is 0 Å². The van der Waals surface area contributed by atoms with E-state index in [4.69, 9.17) is 0 Å². The van der Waals surface area contributed by atoms with E-state index < -0.39 is 0 Å². The summed E-state index contributed by atoms with van der Waals surface area (Å²) in [6.07, 6.45) is 6.16. The number of pyridine rings is 1. The monoisotopic (exact) mass is 369 g/mol. The maximum absolute atomic E-state index is 13.6. The van der Waals surface area contributed by atoms with Crippen LogP contribution in [0.3, 0.4) is 0 Å². The van der Waals surface area contributed by atoms with E-state index in [9.17, 15) is 14.0 Å². The lowest BCUT2D eigenvalue weighted by Crippen LogP contribution is -2.37. The van der Waals surface area contributed by atoms with Crippen LogP contribution in [0.5, 0.6) is 0 Å². The highest BCUT2D eigenvalue weighted by atomic mass is 19.1. The van der Waals surface area contributed by atoms with Crippen LogP contribution in [0, 0.1) is 17.7 Å². The first-order valence-corrected chi connectivity index (χ1v) is 9.31. The van der Waals surface area contributed by atoms with E-state index in [0.29, 0.717) is 37.8 Å². The molecule has 2 amide bonds. The molecule has 6 heteroatoms. The van der Waals surface area contributed by atoms with Gasteiger partial charge in [-0.25, -0.2) is 4.39 Å². The van der Waals surface area contributed by atoms with Crippen LogP contribution in [0.2, 0.25) is 0 Å². The molecule has 0 spiro atoms. The van der Waals surface area contributed by atoms with E-state index in [1.807, 2.05) is 12.1 Å². The number of nitrogens with one attached hydrogen (secondary N) is 2. The second-order valence-electron chi connectivity index (χ2n) is 6.94. The molecule has 1 aliphatic rings. The maximum atomic E-state index is 13.6. The average Bonchev–Trinajstić information content (AvgIpc) is 2.72. The van der Waals surface area contributed by atoms with Crippen molar-refractivity contribution in [2.75, 3.05) is 0 Å². The predicted octanol–water partition coefficient (Wildman–Crippen LogP) is 2.96. The fraction of sp³-hybridized carbons (Fsp3) is 0.381. The summed E-state index contributed by atoms with van der Waals surface area (Å²) in [4.78, 5) is 28.7. The van der Waals surface area contributed by atoms with Gasteiger partial charge in [0.1, 0.15) is 5.82 Å². The third-order valence-corrected chi connectivity index (χ3v) is 5.07. The molecule has 2 aromatic rings. The quantitative estimate of drug-likeness (QED) is 0.822. The van der Waals surface area contributed by atoms with E-state index in [1.165, 1.54) is 6.07 Å². The van der Waals surface area contributed by atoms with Crippen LogP contribution in [0.4, 0.5) is 4.39 Å². The smallest absolute Gasteiger partial charge is 0.223 e. The molecule has 0 aliphatic heterocycles. The number of hydrogen-bond donors (Lipinski definition) is 2. The van der Waals surface area contributed by atoms with Gasteiger partial charge in [0.25, 0.3) is 0 Å². The SMILES string of the molecule is O=C(NCc1cccnc1)C1CCC(C(=O)NCc2ccccc2F)CC1. The fourth-order valence-corrected chi connectivity index (χ4v) is 3.42. The lowest BCUT2D eigenvalue weighted by Gasteiger charge is -2.27. The zero-order valence-electron chi connectivity index (χ0n) is 15.2. The molecule has 0 bridgehead atoms. The van der Waals surface area contributed by atoms with Crippen LogP contribution in [0.1, 0.15) is 36.8 Å². The number of benzene rings is 1. The third-order valence-electron chi connectivity index (χ3n) is 5.07. The number of carbonyl (C=O) groups is 2. The first-order chi connectivity index (χ1) is 13.1. The summed E-state index contributed by atoms with van der Waals surface area (Å²) in [6, 6.07) is 10.2. The number of aromatic nitrogens is 1. The summed E-state index contributed by atoms with van der Waals surface area (Å²) in [5.41, 5.74) is 1.45. The highest BCUT2D eigenvalue weighted by Crippen LogP contribution is 2.29. The molecular weight excluding hydrogens is 345 g/mol. The van der Waals surface area contributed by atoms with Crippen molar-refractivity contribution in [2.24, 2.45) is 11.8 Å². The normalized spacial score (nSPS) is 19.3. The molecule has 1 aromatic heterocycles. The van der Waals surface area contributed by atoms with Gasteiger partial charge in [0.15, 0.2) is 0 Å². The fourth-order valence-electron chi connectivity index (χ4n) is 3.42. The molecule has 1 heterocycles. The Morgan fingerprint density at radius 1 is 0.926 bits per heavy atom. The van der Waals surface area contributed by atoms with Gasteiger partial charge in [-0.15, -0.1) is 0 Å². The largest absolute Gasteiger partial charge is 0.352 e. The molecule has 0 saturated heterocycles. The number of halogens is 1. The minimum atomic E-state index is -0.313. The van der Waals surface area contributed by atoms with E-state index in [1.54, 1.807) is 30.6 Å². The van der Waals surface area contributed by atoms with Gasteiger partial charge in [-0.1, -0.05) is 24.3 Å². The minimum Gasteiger partial charge on any atom is -0.352 e. The lowest BCUT2D eigenvalue weighted by atomic mass is 9.81. The van der Waals surface area contributed by atoms with Crippen LogP contribution < -0.4 is 10.6 Å². The molecule has 1 saturated carbocycles. The molecule has 0 atom stereocenters. The zero-order chi connectivity index (χ0) is 19.1. The Hall–Kier alpha value is -2.76. The van der Waals surface area contributed by atoms with Crippen molar-refractivity contribution in [3.63, 3.8) is 0 Å². The third kappa shape index (κ3) is 5.36. The van der Waals surface area contributed by atoms with Gasteiger partial charge >= 0.3 is 0 Å². The van der Waals surface area contributed by atoms with E-state index in [-0.39, 0.29) is 36.0 Å². The summed E-state index contributed by atoms with van der Waals surface area (Å²) in [6.45, 7) is 0.659. The number of nitrogens with zero attached hydrogens (tertiary/aromatic N) is 1. The Balaban J connectivity index is 1.40. The molecule has 1 fully saturated rings. The zero-order valence-corrected chi connectivity index (χ0v) is 15.2. The van der Waals surface area contributed by atoms with Gasteiger partial charge in [0.05, 0.1) is 0 Å². The number of amides is 2. The van der Waals surface area contributed by atoms with Crippen molar-refractivity contribution in [3.8, 4) is 0 Å². The summed E-state index contributed by atoms with van der Waals surface area (Å²) in [5, 5.41) is 5.76. The first kappa shape index (κ1) is 19.0. The topological polar surface area (TPSA) is 71.1 Å². The van der Waals surface area contributed by atoms with Crippen molar-refractivity contribution < 1.29 is 14.0 Å².